The Bertz CT molecular complexity index is 576. The van der Waals surface area contributed by atoms with Gasteiger partial charge in [-0.2, -0.15) is 0 Å². The number of nitrogens with one attached hydrogen (secondary N) is 2. The Balaban J connectivity index is 1.87. The number of ether oxygens (including phenoxy) is 1. The highest BCUT2D eigenvalue weighted by molar-refractivity contribution is 5.74. The number of halogens is 1. The zero-order chi connectivity index (χ0) is 17.4. The highest BCUT2D eigenvalue weighted by Crippen LogP contribution is 2.22. The highest BCUT2D eigenvalue weighted by Gasteiger charge is 2.15. The number of carboxylic acids is 1. The third-order valence-corrected chi connectivity index (χ3v) is 3.69. The lowest BCUT2D eigenvalue weighted by Crippen LogP contribution is -2.38. The second-order valence-electron chi connectivity index (χ2n) is 5.48. The van der Waals surface area contributed by atoms with Crippen molar-refractivity contribution in [3.63, 3.8) is 0 Å². The van der Waals surface area contributed by atoms with Gasteiger partial charge in [-0.05, 0) is 30.2 Å². The molecular formula is C16H22FN3O4. The average Bonchev–Trinajstić information content (AvgIpc) is 2.57. The molecule has 1 aliphatic rings. The number of benzene rings is 1. The summed E-state index contributed by atoms with van der Waals surface area (Å²) in [5, 5.41) is 13.8. The fraction of sp³-hybridized carbons (Fsp3) is 0.500. The molecule has 0 aliphatic carbocycles. The number of morpholine rings is 1. The van der Waals surface area contributed by atoms with Gasteiger partial charge in [-0.1, -0.05) is 0 Å². The van der Waals surface area contributed by atoms with Crippen molar-refractivity contribution in [2.45, 2.75) is 19.4 Å². The van der Waals surface area contributed by atoms with Gasteiger partial charge in [0.05, 0.1) is 13.2 Å². The van der Waals surface area contributed by atoms with Crippen molar-refractivity contribution in [2.24, 2.45) is 0 Å². The van der Waals surface area contributed by atoms with Crippen molar-refractivity contribution in [1.29, 1.82) is 0 Å². The number of hydrogen-bond donors (Lipinski definition) is 3. The number of carbonyl (C=O) groups is 2. The zero-order valence-corrected chi connectivity index (χ0v) is 13.4. The second kappa shape index (κ2) is 9.07. The molecule has 0 saturated carbocycles. The van der Waals surface area contributed by atoms with E-state index in [1.54, 1.807) is 6.07 Å². The van der Waals surface area contributed by atoms with Crippen molar-refractivity contribution < 1.29 is 23.8 Å². The van der Waals surface area contributed by atoms with E-state index in [-0.39, 0.29) is 25.3 Å². The maximum atomic E-state index is 13.5. The molecule has 1 heterocycles. The van der Waals surface area contributed by atoms with Crippen LogP contribution in [-0.2, 0) is 16.1 Å². The van der Waals surface area contributed by atoms with Crippen molar-refractivity contribution >= 4 is 17.7 Å². The van der Waals surface area contributed by atoms with E-state index in [0.717, 1.165) is 18.8 Å². The first-order chi connectivity index (χ1) is 11.6. The summed E-state index contributed by atoms with van der Waals surface area (Å²) >= 11 is 0. The number of anilines is 1. The van der Waals surface area contributed by atoms with Crippen LogP contribution in [0.1, 0.15) is 18.4 Å². The van der Waals surface area contributed by atoms with Crippen LogP contribution in [0.25, 0.3) is 0 Å². The van der Waals surface area contributed by atoms with Crippen molar-refractivity contribution in [2.75, 3.05) is 37.7 Å². The van der Waals surface area contributed by atoms with E-state index >= 15 is 0 Å². The van der Waals surface area contributed by atoms with Crippen LogP contribution >= 0.6 is 0 Å². The Labute approximate surface area is 139 Å². The van der Waals surface area contributed by atoms with Crippen molar-refractivity contribution in [3.8, 4) is 0 Å². The van der Waals surface area contributed by atoms with Gasteiger partial charge in [-0.15, -0.1) is 0 Å². The Morgan fingerprint density at radius 3 is 2.71 bits per heavy atom. The molecular weight excluding hydrogens is 317 g/mol. The Kier molecular flexibility index (Phi) is 6.80. The molecule has 3 N–H and O–H groups in total. The summed E-state index contributed by atoms with van der Waals surface area (Å²) in [7, 11) is 0. The first-order valence-electron chi connectivity index (χ1n) is 7.91. The molecule has 0 aromatic heterocycles. The SMILES string of the molecule is O=C(O)CCCNC(=O)NCc1cc(F)ccc1N1CCOCC1. The highest BCUT2D eigenvalue weighted by atomic mass is 19.1. The predicted molar refractivity (Wildman–Crippen MR) is 86.5 cm³/mol. The topological polar surface area (TPSA) is 90.9 Å². The van der Waals surface area contributed by atoms with Gasteiger partial charge in [0.2, 0.25) is 0 Å². The van der Waals surface area contributed by atoms with Gasteiger partial charge in [-0.25, -0.2) is 9.18 Å². The molecule has 0 bridgehead atoms. The number of nitrogens with zero attached hydrogens (tertiary/aromatic N) is 1. The molecule has 7 nitrogen and oxygen atoms in total. The van der Waals surface area contributed by atoms with E-state index in [1.807, 2.05) is 0 Å². The number of carbonyl (C=O) groups excluding carboxylic acids is 1. The molecule has 1 fully saturated rings. The lowest BCUT2D eigenvalue weighted by atomic mass is 10.1. The minimum atomic E-state index is -0.896. The van der Waals surface area contributed by atoms with E-state index in [9.17, 15) is 14.0 Å². The Morgan fingerprint density at radius 2 is 2.00 bits per heavy atom. The number of rotatable bonds is 7. The average molecular weight is 339 g/mol. The molecule has 2 rings (SSSR count). The molecule has 2 amide bonds. The summed E-state index contributed by atoms with van der Waals surface area (Å²) in [5.74, 6) is -1.25. The molecule has 132 valence electrons. The van der Waals surface area contributed by atoms with Crippen LogP contribution in [0, 0.1) is 5.82 Å². The first-order valence-corrected chi connectivity index (χ1v) is 7.91. The molecule has 1 saturated heterocycles. The lowest BCUT2D eigenvalue weighted by Gasteiger charge is -2.30. The number of aliphatic carboxylic acids is 1. The first kappa shape index (κ1) is 18.0. The van der Waals surface area contributed by atoms with Crippen LogP contribution in [-0.4, -0.2) is 50.0 Å². The molecule has 24 heavy (non-hydrogen) atoms. The van der Waals surface area contributed by atoms with Gasteiger partial charge in [0.15, 0.2) is 0 Å². The summed E-state index contributed by atoms with van der Waals surface area (Å²) in [4.78, 5) is 24.2. The third kappa shape index (κ3) is 5.69. The van der Waals surface area contributed by atoms with Gasteiger partial charge >= 0.3 is 12.0 Å². The van der Waals surface area contributed by atoms with Gasteiger partial charge in [0.1, 0.15) is 5.82 Å². The van der Waals surface area contributed by atoms with Gasteiger partial charge < -0.3 is 25.4 Å². The maximum Gasteiger partial charge on any atom is 0.315 e. The maximum absolute atomic E-state index is 13.5. The molecule has 0 radical (unpaired) electrons. The standard InChI is InChI=1S/C16H22FN3O4/c17-13-3-4-14(20-6-8-24-9-7-20)12(10-13)11-19-16(23)18-5-1-2-15(21)22/h3-4,10H,1-2,5-9,11H2,(H,21,22)(H2,18,19,23). The van der Waals surface area contributed by atoms with E-state index in [1.165, 1.54) is 12.1 Å². The quantitative estimate of drug-likeness (QED) is 0.652. The summed E-state index contributed by atoms with van der Waals surface area (Å²) in [6.45, 7) is 3.15. The predicted octanol–water partition coefficient (Wildman–Crippen LogP) is 1.33. The normalized spacial score (nSPS) is 14.3. The third-order valence-electron chi connectivity index (χ3n) is 3.69. The van der Waals surface area contributed by atoms with Gasteiger partial charge in [0.25, 0.3) is 0 Å². The monoisotopic (exact) mass is 339 g/mol. The van der Waals surface area contributed by atoms with Crippen LogP contribution < -0.4 is 15.5 Å². The van der Waals surface area contributed by atoms with E-state index in [0.29, 0.717) is 25.2 Å². The Morgan fingerprint density at radius 1 is 1.25 bits per heavy atom. The molecule has 0 unspecified atom stereocenters. The van der Waals surface area contributed by atoms with Crippen LogP contribution in [0.2, 0.25) is 0 Å². The summed E-state index contributed by atoms with van der Waals surface area (Å²) in [5.41, 5.74) is 1.57. The molecule has 1 aromatic rings. The number of hydrogen-bond acceptors (Lipinski definition) is 4. The van der Waals surface area contributed by atoms with Crippen molar-refractivity contribution in [3.05, 3.63) is 29.6 Å². The molecule has 1 aliphatic heterocycles. The van der Waals surface area contributed by atoms with E-state index < -0.39 is 12.0 Å². The number of amides is 2. The minimum absolute atomic E-state index is 0.00531. The summed E-state index contributed by atoms with van der Waals surface area (Å²) < 4.78 is 18.9. The molecule has 0 atom stereocenters. The van der Waals surface area contributed by atoms with Crippen LogP contribution in [0.5, 0.6) is 0 Å². The molecule has 8 heteroatoms. The van der Waals surface area contributed by atoms with Gasteiger partial charge in [-0.3, -0.25) is 4.79 Å². The fourth-order valence-electron chi connectivity index (χ4n) is 2.49. The van der Waals surface area contributed by atoms with Crippen LogP contribution in [0.3, 0.4) is 0 Å². The van der Waals surface area contributed by atoms with E-state index in [4.69, 9.17) is 9.84 Å². The largest absolute Gasteiger partial charge is 0.481 e. The fourth-order valence-corrected chi connectivity index (χ4v) is 2.49. The van der Waals surface area contributed by atoms with Crippen LogP contribution in [0.4, 0.5) is 14.9 Å². The zero-order valence-electron chi connectivity index (χ0n) is 13.4. The molecule has 1 aromatic carbocycles. The minimum Gasteiger partial charge on any atom is -0.481 e. The Hall–Kier alpha value is -2.35. The lowest BCUT2D eigenvalue weighted by molar-refractivity contribution is -0.137. The second-order valence-corrected chi connectivity index (χ2v) is 5.48. The smallest absolute Gasteiger partial charge is 0.315 e. The van der Waals surface area contributed by atoms with Crippen molar-refractivity contribution in [1.82, 2.24) is 10.6 Å². The number of carboxylic acid groups (broad SMARTS) is 1. The van der Waals surface area contributed by atoms with E-state index in [2.05, 4.69) is 15.5 Å². The van der Waals surface area contributed by atoms with Crippen LogP contribution in [0.15, 0.2) is 18.2 Å². The van der Waals surface area contributed by atoms with Gasteiger partial charge in [0, 0.05) is 38.3 Å². The summed E-state index contributed by atoms with van der Waals surface area (Å²) in [6.07, 6.45) is 0.368. The summed E-state index contributed by atoms with van der Waals surface area (Å²) in [6, 6.07) is 4.12. The number of urea groups is 1. The molecule has 0 spiro atoms.